The zero-order valence-corrected chi connectivity index (χ0v) is 13.0. The van der Waals surface area contributed by atoms with Crippen LogP contribution in [0.15, 0.2) is 30.3 Å². The highest BCUT2D eigenvalue weighted by Crippen LogP contribution is 2.24. The summed E-state index contributed by atoms with van der Waals surface area (Å²) in [5.74, 6) is 0.143. The van der Waals surface area contributed by atoms with Gasteiger partial charge in [0.15, 0.2) is 0 Å². The molecule has 0 aromatic heterocycles. The van der Waals surface area contributed by atoms with Gasteiger partial charge < -0.3 is 15.3 Å². The third kappa shape index (κ3) is 4.46. The second-order valence-electron chi connectivity index (χ2n) is 6.07. The lowest BCUT2D eigenvalue weighted by Gasteiger charge is -2.35. The van der Waals surface area contributed by atoms with E-state index in [1.54, 1.807) is 6.92 Å². The molecule has 2 atom stereocenters. The molecule has 2 unspecified atom stereocenters. The third-order valence-electron chi connectivity index (χ3n) is 4.34. The number of amides is 2. The summed E-state index contributed by atoms with van der Waals surface area (Å²) >= 11 is 0. The number of benzene rings is 1. The number of aliphatic hydroxyl groups excluding tert-OH is 1. The highest BCUT2D eigenvalue weighted by Gasteiger charge is 2.26. The van der Waals surface area contributed by atoms with E-state index in [4.69, 9.17) is 0 Å². The maximum absolute atomic E-state index is 12.2. The molecule has 1 saturated carbocycles. The van der Waals surface area contributed by atoms with Crippen LogP contribution in [-0.4, -0.2) is 41.8 Å². The number of nitrogens with zero attached hydrogens (tertiary/aromatic N) is 1. The molecule has 1 aromatic carbocycles. The fraction of sp³-hybridized carbons (Fsp3) is 0.588. The summed E-state index contributed by atoms with van der Waals surface area (Å²) in [4.78, 5) is 14.0. The Bertz CT molecular complexity index is 443. The number of aliphatic hydroxyl groups is 1. The molecule has 0 spiro atoms. The molecular formula is C17H26N2O2. The average molecular weight is 290 g/mol. The van der Waals surface area contributed by atoms with Crippen molar-refractivity contribution in [2.24, 2.45) is 0 Å². The molecule has 4 nitrogen and oxygen atoms in total. The van der Waals surface area contributed by atoms with E-state index in [9.17, 15) is 9.90 Å². The molecule has 1 aliphatic carbocycles. The number of carbonyl (C=O) groups is 1. The maximum atomic E-state index is 12.2. The monoisotopic (exact) mass is 290 g/mol. The summed E-state index contributed by atoms with van der Waals surface area (Å²) in [6.45, 7) is 2.35. The van der Waals surface area contributed by atoms with Crippen molar-refractivity contribution in [2.75, 3.05) is 13.6 Å². The minimum absolute atomic E-state index is 0.00813. The molecule has 2 amide bonds. The lowest BCUT2D eigenvalue weighted by atomic mass is 9.92. The smallest absolute Gasteiger partial charge is 0.317 e. The third-order valence-corrected chi connectivity index (χ3v) is 4.34. The van der Waals surface area contributed by atoms with Crippen LogP contribution in [0.5, 0.6) is 0 Å². The van der Waals surface area contributed by atoms with Crippen molar-refractivity contribution in [3.05, 3.63) is 35.9 Å². The molecule has 4 heteroatoms. The second-order valence-corrected chi connectivity index (χ2v) is 6.07. The van der Waals surface area contributed by atoms with E-state index in [0.29, 0.717) is 19.0 Å². The topological polar surface area (TPSA) is 52.6 Å². The highest BCUT2D eigenvalue weighted by atomic mass is 16.3. The van der Waals surface area contributed by atoms with Gasteiger partial charge in [0.2, 0.25) is 0 Å². The summed E-state index contributed by atoms with van der Waals surface area (Å²) in [5, 5.41) is 12.7. The number of carbonyl (C=O) groups excluding carboxylic acids is 1. The lowest BCUT2D eigenvalue weighted by molar-refractivity contribution is 0.153. The Morgan fingerprint density at radius 3 is 2.57 bits per heavy atom. The predicted molar refractivity (Wildman–Crippen MR) is 84.3 cm³/mol. The summed E-state index contributed by atoms with van der Waals surface area (Å²) in [7, 11) is 1.87. The van der Waals surface area contributed by atoms with Gasteiger partial charge in [0.05, 0.1) is 6.10 Å². The Morgan fingerprint density at radius 1 is 1.38 bits per heavy atom. The van der Waals surface area contributed by atoms with E-state index in [1.165, 1.54) is 6.42 Å². The summed E-state index contributed by atoms with van der Waals surface area (Å²) in [6, 6.07) is 10.5. The van der Waals surface area contributed by atoms with Crippen LogP contribution in [0.1, 0.15) is 44.1 Å². The maximum Gasteiger partial charge on any atom is 0.317 e. The Balaban J connectivity index is 1.91. The minimum Gasteiger partial charge on any atom is -0.393 e. The first kappa shape index (κ1) is 15.8. The Morgan fingerprint density at radius 2 is 2.05 bits per heavy atom. The Hall–Kier alpha value is -1.55. The zero-order chi connectivity index (χ0) is 15.2. The average Bonchev–Trinajstić information content (AvgIpc) is 2.41. The molecule has 1 aliphatic rings. The van der Waals surface area contributed by atoms with Crippen molar-refractivity contribution in [2.45, 2.75) is 50.7 Å². The van der Waals surface area contributed by atoms with Crippen molar-refractivity contribution in [1.29, 1.82) is 0 Å². The highest BCUT2D eigenvalue weighted by molar-refractivity contribution is 5.74. The zero-order valence-electron chi connectivity index (χ0n) is 13.0. The number of hydrogen-bond acceptors (Lipinski definition) is 2. The van der Waals surface area contributed by atoms with Crippen molar-refractivity contribution >= 4 is 6.03 Å². The molecule has 0 bridgehead atoms. The van der Waals surface area contributed by atoms with Gasteiger partial charge >= 0.3 is 6.03 Å². The van der Waals surface area contributed by atoms with Crippen molar-refractivity contribution in [3.8, 4) is 0 Å². The van der Waals surface area contributed by atoms with E-state index in [-0.39, 0.29) is 18.1 Å². The number of urea groups is 1. The van der Waals surface area contributed by atoms with Gasteiger partial charge in [-0.25, -0.2) is 4.79 Å². The first-order valence-electron chi connectivity index (χ1n) is 7.81. The molecule has 0 radical (unpaired) electrons. The number of rotatable bonds is 6. The number of hydrogen-bond donors (Lipinski definition) is 2. The van der Waals surface area contributed by atoms with E-state index < -0.39 is 0 Å². The number of nitrogens with one attached hydrogen (secondary N) is 1. The van der Waals surface area contributed by atoms with Crippen LogP contribution in [0.3, 0.4) is 0 Å². The molecular weight excluding hydrogens is 264 g/mol. The van der Waals surface area contributed by atoms with Gasteiger partial charge in [0, 0.05) is 25.6 Å². The van der Waals surface area contributed by atoms with Crippen LogP contribution in [0, 0.1) is 0 Å². The van der Waals surface area contributed by atoms with Crippen molar-refractivity contribution in [1.82, 2.24) is 10.2 Å². The first-order chi connectivity index (χ1) is 10.1. The van der Waals surface area contributed by atoms with E-state index in [0.717, 1.165) is 18.4 Å². The molecule has 0 saturated heterocycles. The van der Waals surface area contributed by atoms with Gasteiger partial charge in [-0.05, 0) is 38.2 Å². The van der Waals surface area contributed by atoms with Gasteiger partial charge in [0.1, 0.15) is 0 Å². The summed E-state index contributed by atoms with van der Waals surface area (Å²) in [5.41, 5.74) is 1.16. The van der Waals surface area contributed by atoms with Crippen LogP contribution >= 0.6 is 0 Å². The van der Waals surface area contributed by atoms with E-state index in [1.807, 2.05) is 30.1 Å². The van der Waals surface area contributed by atoms with E-state index >= 15 is 0 Å². The van der Waals surface area contributed by atoms with Crippen LogP contribution in [-0.2, 0) is 0 Å². The molecule has 1 aromatic rings. The Labute approximate surface area is 127 Å². The SMILES string of the molecule is CC(O)CC(CNC(=O)N(C)C1CCC1)c1ccccc1. The molecule has 116 valence electrons. The van der Waals surface area contributed by atoms with E-state index in [2.05, 4.69) is 17.4 Å². The standard InChI is InChI=1S/C17H26N2O2/c1-13(20)11-15(14-7-4-3-5-8-14)12-18-17(21)19(2)16-9-6-10-16/h3-5,7-8,13,15-16,20H,6,9-12H2,1-2H3,(H,18,21). The molecule has 2 rings (SSSR count). The van der Waals surface area contributed by atoms with Gasteiger partial charge in [0.25, 0.3) is 0 Å². The fourth-order valence-electron chi connectivity index (χ4n) is 2.75. The van der Waals surface area contributed by atoms with Crippen LogP contribution in [0.2, 0.25) is 0 Å². The predicted octanol–water partition coefficient (Wildman–Crippen LogP) is 2.74. The van der Waals surface area contributed by atoms with Crippen molar-refractivity contribution in [3.63, 3.8) is 0 Å². The first-order valence-corrected chi connectivity index (χ1v) is 7.81. The van der Waals surface area contributed by atoms with Crippen LogP contribution in [0.4, 0.5) is 4.79 Å². The largest absolute Gasteiger partial charge is 0.393 e. The second kappa shape index (κ2) is 7.46. The molecule has 0 heterocycles. The fourth-order valence-corrected chi connectivity index (χ4v) is 2.75. The van der Waals surface area contributed by atoms with Gasteiger partial charge in [-0.2, -0.15) is 0 Å². The molecule has 2 N–H and O–H groups in total. The van der Waals surface area contributed by atoms with Gasteiger partial charge in [-0.3, -0.25) is 0 Å². The lowest BCUT2D eigenvalue weighted by Crippen LogP contribution is -2.47. The van der Waals surface area contributed by atoms with Crippen molar-refractivity contribution < 1.29 is 9.90 Å². The normalized spacial score (nSPS) is 17.7. The van der Waals surface area contributed by atoms with Gasteiger partial charge in [-0.1, -0.05) is 30.3 Å². The summed E-state index contributed by atoms with van der Waals surface area (Å²) < 4.78 is 0. The molecule has 1 fully saturated rings. The van der Waals surface area contributed by atoms with Gasteiger partial charge in [-0.15, -0.1) is 0 Å². The quantitative estimate of drug-likeness (QED) is 0.846. The Kier molecular flexibility index (Phi) is 5.62. The summed E-state index contributed by atoms with van der Waals surface area (Å²) in [6.07, 6.45) is 3.71. The van der Waals surface area contributed by atoms with Crippen LogP contribution in [0.25, 0.3) is 0 Å². The minimum atomic E-state index is -0.378. The van der Waals surface area contributed by atoms with Crippen LogP contribution < -0.4 is 5.32 Å². The molecule has 21 heavy (non-hydrogen) atoms. The molecule has 0 aliphatic heterocycles.